The van der Waals surface area contributed by atoms with Crippen LogP contribution in [0.25, 0.3) is 0 Å². The zero-order valence-corrected chi connectivity index (χ0v) is 9.17. The molecule has 0 heterocycles. The van der Waals surface area contributed by atoms with Crippen molar-refractivity contribution in [2.75, 3.05) is 17.3 Å². The third-order valence-electron chi connectivity index (χ3n) is 2.10. The fraction of sp³-hybridized carbons (Fsp3) is 1.00. The summed E-state index contributed by atoms with van der Waals surface area (Å²) in [6, 6.07) is 0. The third kappa shape index (κ3) is 6.74. The molecule has 0 unspecified atom stereocenters. The molecule has 0 nitrogen and oxygen atoms in total. The molecule has 1 heteroatoms. The zero-order chi connectivity index (χ0) is 8.53. The van der Waals surface area contributed by atoms with Gasteiger partial charge in [-0.1, -0.05) is 19.8 Å². The van der Waals surface area contributed by atoms with Gasteiger partial charge in [-0.15, -0.1) is 0 Å². The van der Waals surface area contributed by atoms with Crippen LogP contribution in [-0.4, -0.2) is 17.3 Å². The van der Waals surface area contributed by atoms with Gasteiger partial charge < -0.3 is 0 Å². The topological polar surface area (TPSA) is 0 Å². The molecule has 0 aromatic rings. The highest BCUT2D eigenvalue weighted by molar-refractivity contribution is 7.96. The lowest BCUT2D eigenvalue weighted by atomic mass is 10.2. The summed E-state index contributed by atoms with van der Waals surface area (Å²) < 4.78 is 0. The van der Waals surface area contributed by atoms with E-state index in [4.69, 9.17) is 0 Å². The van der Waals surface area contributed by atoms with E-state index in [2.05, 4.69) is 20.8 Å². The van der Waals surface area contributed by atoms with Gasteiger partial charge in [0.25, 0.3) is 0 Å². The van der Waals surface area contributed by atoms with E-state index in [0.29, 0.717) is 0 Å². The highest BCUT2D eigenvalue weighted by Gasteiger charge is 2.10. The standard InChI is InChI=1S/C10H23S/c1-4-7-8-9-10-11(5-2)6-3/h4-10H2,1-3H3/q+1. The molecule has 11 heavy (non-hydrogen) atoms. The lowest BCUT2D eigenvalue weighted by Crippen LogP contribution is -2.12. The monoisotopic (exact) mass is 175 g/mol. The van der Waals surface area contributed by atoms with Crippen molar-refractivity contribution in [3.63, 3.8) is 0 Å². The largest absolute Gasteiger partial charge is 0.108 e. The predicted octanol–water partition coefficient (Wildman–Crippen LogP) is 3.22. The normalized spacial score (nSPS) is 10.9. The first-order valence-corrected chi connectivity index (χ1v) is 6.72. The van der Waals surface area contributed by atoms with Crippen molar-refractivity contribution in [3.8, 4) is 0 Å². The molecule has 0 saturated carbocycles. The average molecular weight is 175 g/mol. The van der Waals surface area contributed by atoms with E-state index in [0.717, 1.165) is 10.9 Å². The molecular weight excluding hydrogens is 152 g/mol. The van der Waals surface area contributed by atoms with E-state index >= 15 is 0 Å². The second kappa shape index (κ2) is 8.45. The lowest BCUT2D eigenvalue weighted by molar-refractivity contribution is 0.705. The summed E-state index contributed by atoms with van der Waals surface area (Å²) in [6.45, 7) is 6.93. The number of hydrogen-bond acceptors (Lipinski definition) is 0. The van der Waals surface area contributed by atoms with Gasteiger partial charge in [0.05, 0.1) is 0 Å². The van der Waals surface area contributed by atoms with Gasteiger partial charge in [0.2, 0.25) is 0 Å². The Labute approximate surface area is 75.1 Å². The van der Waals surface area contributed by atoms with Crippen molar-refractivity contribution < 1.29 is 0 Å². The minimum atomic E-state index is 0.758. The quantitative estimate of drug-likeness (QED) is 0.412. The molecule has 0 saturated heterocycles. The van der Waals surface area contributed by atoms with Crippen molar-refractivity contribution in [2.45, 2.75) is 46.5 Å². The van der Waals surface area contributed by atoms with E-state index in [-0.39, 0.29) is 0 Å². The lowest BCUT2D eigenvalue weighted by Gasteiger charge is -2.02. The fourth-order valence-electron chi connectivity index (χ4n) is 1.23. The molecule has 68 valence electrons. The Hall–Kier alpha value is 0.350. The summed E-state index contributed by atoms with van der Waals surface area (Å²) in [5, 5.41) is 0. The highest BCUT2D eigenvalue weighted by Crippen LogP contribution is 2.04. The molecule has 0 aliphatic rings. The maximum atomic E-state index is 2.33. The van der Waals surface area contributed by atoms with Gasteiger partial charge >= 0.3 is 0 Å². The van der Waals surface area contributed by atoms with Gasteiger partial charge in [-0.2, -0.15) is 0 Å². The van der Waals surface area contributed by atoms with Crippen LogP contribution in [0.15, 0.2) is 0 Å². The van der Waals surface area contributed by atoms with Crippen LogP contribution in [0.4, 0.5) is 0 Å². The van der Waals surface area contributed by atoms with Gasteiger partial charge in [-0.3, -0.25) is 0 Å². The Kier molecular flexibility index (Phi) is 8.72. The van der Waals surface area contributed by atoms with E-state index in [9.17, 15) is 0 Å². The summed E-state index contributed by atoms with van der Waals surface area (Å²) in [4.78, 5) is 0. The van der Waals surface area contributed by atoms with Crippen LogP contribution in [-0.2, 0) is 10.9 Å². The zero-order valence-electron chi connectivity index (χ0n) is 8.36. The number of unbranched alkanes of at least 4 members (excludes halogenated alkanes) is 3. The number of rotatable bonds is 7. The summed E-state index contributed by atoms with van der Waals surface area (Å²) in [5.41, 5.74) is 0. The maximum absolute atomic E-state index is 2.33. The van der Waals surface area contributed by atoms with Crippen LogP contribution in [0.2, 0.25) is 0 Å². The maximum Gasteiger partial charge on any atom is 0.108 e. The molecule has 0 N–H and O–H groups in total. The summed E-state index contributed by atoms with van der Waals surface area (Å²) in [5.74, 6) is 4.30. The molecule has 0 rings (SSSR count). The van der Waals surface area contributed by atoms with Crippen molar-refractivity contribution >= 4 is 10.9 Å². The minimum absolute atomic E-state index is 0.758. The molecule has 0 fully saturated rings. The van der Waals surface area contributed by atoms with Crippen LogP contribution in [0.3, 0.4) is 0 Å². The van der Waals surface area contributed by atoms with E-state index < -0.39 is 0 Å². The van der Waals surface area contributed by atoms with Gasteiger partial charge in [-0.25, -0.2) is 0 Å². The van der Waals surface area contributed by atoms with Crippen LogP contribution in [0, 0.1) is 0 Å². The number of hydrogen-bond donors (Lipinski definition) is 0. The summed E-state index contributed by atoms with van der Waals surface area (Å²) >= 11 is 0. The average Bonchev–Trinajstić information content (AvgIpc) is 2.05. The molecule has 0 bridgehead atoms. The van der Waals surface area contributed by atoms with Gasteiger partial charge in [0.15, 0.2) is 0 Å². The smallest absolute Gasteiger partial charge is 0.0654 e. The Morgan fingerprint density at radius 3 is 1.91 bits per heavy atom. The SMILES string of the molecule is CCCCCC[S+](CC)CC. The molecule has 0 aliphatic carbocycles. The van der Waals surface area contributed by atoms with E-state index in [1.807, 2.05) is 0 Å². The Morgan fingerprint density at radius 1 is 0.818 bits per heavy atom. The second-order valence-electron chi connectivity index (χ2n) is 2.95. The van der Waals surface area contributed by atoms with E-state index in [1.54, 1.807) is 0 Å². The molecular formula is C10H23S+. The first kappa shape index (κ1) is 11.4. The minimum Gasteiger partial charge on any atom is -0.0654 e. The molecule has 0 atom stereocenters. The highest BCUT2D eigenvalue weighted by atomic mass is 32.2. The fourth-order valence-corrected chi connectivity index (χ4v) is 2.82. The summed E-state index contributed by atoms with van der Waals surface area (Å²) in [7, 11) is 0.758. The molecule has 0 spiro atoms. The van der Waals surface area contributed by atoms with Crippen LogP contribution < -0.4 is 0 Å². The van der Waals surface area contributed by atoms with E-state index in [1.165, 1.54) is 42.9 Å². The predicted molar refractivity (Wildman–Crippen MR) is 57.5 cm³/mol. The van der Waals surface area contributed by atoms with Crippen LogP contribution >= 0.6 is 0 Å². The van der Waals surface area contributed by atoms with Gasteiger partial charge in [-0.05, 0) is 37.6 Å². The molecule has 0 radical (unpaired) electrons. The first-order valence-electron chi connectivity index (χ1n) is 4.99. The Balaban J connectivity index is 3.07. The van der Waals surface area contributed by atoms with Crippen molar-refractivity contribution in [1.29, 1.82) is 0 Å². The van der Waals surface area contributed by atoms with Crippen molar-refractivity contribution in [2.24, 2.45) is 0 Å². The molecule has 0 aromatic heterocycles. The second-order valence-corrected chi connectivity index (χ2v) is 5.74. The van der Waals surface area contributed by atoms with Crippen molar-refractivity contribution in [3.05, 3.63) is 0 Å². The van der Waals surface area contributed by atoms with Crippen LogP contribution in [0.1, 0.15) is 46.5 Å². The Bertz CT molecular complexity index is 67.3. The van der Waals surface area contributed by atoms with Crippen molar-refractivity contribution in [1.82, 2.24) is 0 Å². The first-order chi connectivity index (χ1) is 5.35. The van der Waals surface area contributed by atoms with Gasteiger partial charge in [0.1, 0.15) is 17.3 Å². The molecule has 0 aliphatic heterocycles. The molecule has 0 amide bonds. The van der Waals surface area contributed by atoms with Crippen LogP contribution in [0.5, 0.6) is 0 Å². The Morgan fingerprint density at radius 2 is 1.45 bits per heavy atom. The summed E-state index contributed by atoms with van der Waals surface area (Å²) in [6.07, 6.45) is 5.73. The molecule has 0 aromatic carbocycles. The van der Waals surface area contributed by atoms with Gasteiger partial charge in [0, 0.05) is 0 Å². The third-order valence-corrected chi connectivity index (χ3v) is 4.60.